The van der Waals surface area contributed by atoms with E-state index in [0.717, 1.165) is 19.5 Å². The van der Waals surface area contributed by atoms with E-state index >= 15 is 0 Å². The molecule has 0 aliphatic rings. The Morgan fingerprint density at radius 1 is 1.36 bits per heavy atom. The zero-order valence-corrected chi connectivity index (χ0v) is 10.5. The minimum atomic E-state index is 0.366. The van der Waals surface area contributed by atoms with Gasteiger partial charge in [-0.2, -0.15) is 0 Å². The van der Waals surface area contributed by atoms with Gasteiger partial charge in [0, 0.05) is 13.7 Å². The van der Waals surface area contributed by atoms with Crippen molar-refractivity contribution in [1.29, 1.82) is 0 Å². The Morgan fingerprint density at radius 3 is 2.43 bits per heavy atom. The molecule has 0 fully saturated rings. The fourth-order valence-corrected chi connectivity index (χ4v) is 2.07. The van der Waals surface area contributed by atoms with E-state index < -0.39 is 0 Å². The predicted molar refractivity (Wildman–Crippen MR) is 62.6 cm³/mol. The smallest absolute Gasteiger partial charge is 0.0548 e. The fraction of sp³-hybridized carbons (Fsp3) is 1.00. The Hall–Kier alpha value is -0.0800. The molecule has 2 nitrogen and oxygen atoms in total. The molecule has 0 aliphatic carbocycles. The van der Waals surface area contributed by atoms with Gasteiger partial charge in [-0.15, -0.1) is 0 Å². The molecule has 0 aromatic heterocycles. The molecule has 2 atom stereocenters. The summed E-state index contributed by atoms with van der Waals surface area (Å²) >= 11 is 0. The normalized spacial score (nSPS) is 17.8. The van der Waals surface area contributed by atoms with Crippen LogP contribution in [0, 0.1) is 5.41 Å². The number of hydrogen-bond donors (Lipinski definition) is 1. The maximum Gasteiger partial charge on any atom is 0.0548 e. The van der Waals surface area contributed by atoms with Crippen molar-refractivity contribution in [2.45, 2.75) is 53.1 Å². The highest BCUT2D eigenvalue weighted by atomic mass is 16.5. The molecule has 2 unspecified atom stereocenters. The summed E-state index contributed by atoms with van der Waals surface area (Å²) in [4.78, 5) is 0. The van der Waals surface area contributed by atoms with Crippen molar-refractivity contribution in [3.63, 3.8) is 0 Å². The van der Waals surface area contributed by atoms with E-state index in [2.05, 4.69) is 33.0 Å². The maximum atomic E-state index is 5.34. The Balaban J connectivity index is 4.07. The molecular formula is C12H27NO. The van der Waals surface area contributed by atoms with Gasteiger partial charge in [-0.1, -0.05) is 27.2 Å². The number of hydrogen-bond acceptors (Lipinski definition) is 2. The summed E-state index contributed by atoms with van der Waals surface area (Å²) in [6.07, 6.45) is 4.03. The van der Waals surface area contributed by atoms with Crippen LogP contribution in [0.25, 0.3) is 0 Å². The van der Waals surface area contributed by atoms with Crippen molar-refractivity contribution in [3.8, 4) is 0 Å². The first kappa shape index (κ1) is 13.9. The van der Waals surface area contributed by atoms with Crippen LogP contribution in [-0.2, 0) is 4.74 Å². The second-order valence-corrected chi connectivity index (χ2v) is 4.59. The summed E-state index contributed by atoms with van der Waals surface area (Å²) in [7, 11) is 1.80. The van der Waals surface area contributed by atoms with Gasteiger partial charge in [0.1, 0.15) is 0 Å². The van der Waals surface area contributed by atoms with E-state index in [1.807, 2.05) is 0 Å². The molecule has 86 valence electrons. The molecule has 0 rings (SSSR count). The SMILES string of the molecule is CCCC(C)(CNCC)CC(C)OC. The Morgan fingerprint density at radius 2 is 2.00 bits per heavy atom. The lowest BCUT2D eigenvalue weighted by Crippen LogP contribution is -2.34. The van der Waals surface area contributed by atoms with Crippen LogP contribution in [0.5, 0.6) is 0 Å². The molecule has 14 heavy (non-hydrogen) atoms. The fourth-order valence-electron chi connectivity index (χ4n) is 2.07. The highest BCUT2D eigenvalue weighted by molar-refractivity contribution is 4.78. The molecule has 0 bridgehead atoms. The van der Waals surface area contributed by atoms with Crippen molar-refractivity contribution < 1.29 is 4.74 Å². The third-order valence-electron chi connectivity index (χ3n) is 2.84. The number of rotatable bonds is 8. The molecule has 0 saturated heterocycles. The molecule has 0 aromatic carbocycles. The number of ether oxygens (including phenoxy) is 1. The summed E-state index contributed by atoms with van der Waals surface area (Å²) in [5.41, 5.74) is 0.389. The quantitative estimate of drug-likeness (QED) is 0.652. The molecule has 0 aliphatic heterocycles. The molecule has 0 saturated carbocycles. The Kier molecular flexibility index (Phi) is 7.20. The largest absolute Gasteiger partial charge is 0.382 e. The molecule has 0 spiro atoms. The van der Waals surface area contributed by atoms with Gasteiger partial charge in [-0.05, 0) is 31.7 Å². The monoisotopic (exact) mass is 201 g/mol. The van der Waals surface area contributed by atoms with E-state index in [9.17, 15) is 0 Å². The minimum absolute atomic E-state index is 0.366. The Labute approximate surface area is 89.4 Å². The minimum Gasteiger partial charge on any atom is -0.382 e. The van der Waals surface area contributed by atoms with Crippen LogP contribution >= 0.6 is 0 Å². The standard InChI is InChI=1S/C12H27NO/c1-6-8-12(4,10-13-7-2)9-11(3)14-5/h11,13H,6-10H2,1-5H3. The van der Waals surface area contributed by atoms with E-state index in [-0.39, 0.29) is 0 Å². The maximum absolute atomic E-state index is 5.34. The first-order valence-corrected chi connectivity index (χ1v) is 5.81. The van der Waals surface area contributed by atoms with Crippen molar-refractivity contribution in [3.05, 3.63) is 0 Å². The molecular weight excluding hydrogens is 174 g/mol. The van der Waals surface area contributed by atoms with Crippen molar-refractivity contribution in [1.82, 2.24) is 5.32 Å². The van der Waals surface area contributed by atoms with Crippen molar-refractivity contribution >= 4 is 0 Å². The lowest BCUT2D eigenvalue weighted by atomic mass is 9.80. The zero-order valence-electron chi connectivity index (χ0n) is 10.5. The molecule has 1 N–H and O–H groups in total. The average Bonchev–Trinajstić information content (AvgIpc) is 2.15. The molecule has 0 aromatic rings. The first-order chi connectivity index (χ1) is 6.58. The van der Waals surface area contributed by atoms with Gasteiger partial charge in [-0.25, -0.2) is 0 Å². The Bertz CT molecular complexity index is 138. The lowest BCUT2D eigenvalue weighted by Gasteiger charge is -2.32. The van der Waals surface area contributed by atoms with E-state index in [4.69, 9.17) is 4.74 Å². The van der Waals surface area contributed by atoms with Gasteiger partial charge in [-0.3, -0.25) is 0 Å². The topological polar surface area (TPSA) is 21.3 Å². The second kappa shape index (κ2) is 7.24. The first-order valence-electron chi connectivity index (χ1n) is 5.81. The van der Waals surface area contributed by atoms with Crippen molar-refractivity contribution in [2.75, 3.05) is 20.2 Å². The lowest BCUT2D eigenvalue weighted by molar-refractivity contribution is 0.0659. The van der Waals surface area contributed by atoms with Gasteiger partial charge < -0.3 is 10.1 Å². The zero-order chi connectivity index (χ0) is 11.0. The second-order valence-electron chi connectivity index (χ2n) is 4.59. The van der Waals surface area contributed by atoms with Crippen LogP contribution in [0.3, 0.4) is 0 Å². The summed E-state index contributed by atoms with van der Waals surface area (Å²) in [6, 6.07) is 0. The van der Waals surface area contributed by atoms with E-state index in [1.54, 1.807) is 7.11 Å². The predicted octanol–water partition coefficient (Wildman–Crippen LogP) is 2.83. The average molecular weight is 201 g/mol. The van der Waals surface area contributed by atoms with Crippen LogP contribution in [0.1, 0.15) is 47.0 Å². The van der Waals surface area contributed by atoms with Gasteiger partial charge >= 0.3 is 0 Å². The van der Waals surface area contributed by atoms with E-state index in [1.165, 1.54) is 12.8 Å². The van der Waals surface area contributed by atoms with Crippen LogP contribution in [0.2, 0.25) is 0 Å². The van der Waals surface area contributed by atoms with Crippen LogP contribution in [-0.4, -0.2) is 26.3 Å². The van der Waals surface area contributed by atoms with Crippen LogP contribution < -0.4 is 5.32 Å². The van der Waals surface area contributed by atoms with Crippen LogP contribution in [0.15, 0.2) is 0 Å². The molecule has 0 radical (unpaired) electrons. The van der Waals surface area contributed by atoms with E-state index in [0.29, 0.717) is 11.5 Å². The third-order valence-corrected chi connectivity index (χ3v) is 2.84. The molecule has 0 heterocycles. The summed E-state index contributed by atoms with van der Waals surface area (Å²) in [5.74, 6) is 0. The van der Waals surface area contributed by atoms with Crippen LogP contribution in [0.4, 0.5) is 0 Å². The van der Waals surface area contributed by atoms with Gasteiger partial charge in [0.15, 0.2) is 0 Å². The highest BCUT2D eigenvalue weighted by Crippen LogP contribution is 2.29. The third kappa shape index (κ3) is 5.61. The van der Waals surface area contributed by atoms with Gasteiger partial charge in [0.2, 0.25) is 0 Å². The van der Waals surface area contributed by atoms with Gasteiger partial charge in [0.25, 0.3) is 0 Å². The van der Waals surface area contributed by atoms with Gasteiger partial charge in [0.05, 0.1) is 6.10 Å². The summed E-state index contributed by atoms with van der Waals surface area (Å²) in [6.45, 7) is 11.1. The highest BCUT2D eigenvalue weighted by Gasteiger charge is 2.25. The van der Waals surface area contributed by atoms with Crippen molar-refractivity contribution in [2.24, 2.45) is 5.41 Å². The number of methoxy groups -OCH3 is 1. The summed E-state index contributed by atoms with van der Waals surface area (Å²) in [5, 5.41) is 3.45. The summed E-state index contributed by atoms with van der Waals surface area (Å²) < 4.78 is 5.34. The molecule has 2 heteroatoms. The number of nitrogens with one attached hydrogen (secondary N) is 1. The molecule has 0 amide bonds.